The molecule has 0 unspecified atom stereocenters. The van der Waals surface area contributed by atoms with E-state index in [0.29, 0.717) is 12.1 Å². The van der Waals surface area contributed by atoms with E-state index in [2.05, 4.69) is 16.0 Å². The fraction of sp³-hybridized carbons (Fsp3) is 0.625. The predicted octanol–water partition coefficient (Wildman–Crippen LogP) is 1.92. The molecule has 1 aromatic heterocycles. The second-order valence-electron chi connectivity index (χ2n) is 5.95. The van der Waals surface area contributed by atoms with Crippen LogP contribution in [0.1, 0.15) is 47.0 Å². The van der Waals surface area contributed by atoms with E-state index >= 15 is 0 Å². The molecule has 5 nitrogen and oxygen atoms in total. The SMILES string of the molecule is CCNC(=O)c1c(NC(=O)[C@@H]2CCNC2)sc2c1CCCC2. The molecule has 1 aliphatic heterocycles. The minimum atomic E-state index is -0.0539. The molecule has 0 spiro atoms. The van der Waals surface area contributed by atoms with Crippen molar-refractivity contribution < 1.29 is 9.59 Å². The smallest absolute Gasteiger partial charge is 0.254 e. The Hall–Kier alpha value is -1.40. The highest BCUT2D eigenvalue weighted by molar-refractivity contribution is 7.17. The molecule has 6 heteroatoms. The highest BCUT2D eigenvalue weighted by atomic mass is 32.1. The van der Waals surface area contributed by atoms with Crippen LogP contribution in [0.5, 0.6) is 0 Å². The molecule has 0 aromatic carbocycles. The van der Waals surface area contributed by atoms with E-state index in [4.69, 9.17) is 0 Å². The molecule has 1 atom stereocenters. The lowest BCUT2D eigenvalue weighted by atomic mass is 9.95. The molecule has 1 aromatic rings. The molecule has 2 amide bonds. The van der Waals surface area contributed by atoms with Crippen molar-refractivity contribution in [3.63, 3.8) is 0 Å². The van der Waals surface area contributed by atoms with Crippen LogP contribution < -0.4 is 16.0 Å². The molecule has 0 saturated carbocycles. The minimum Gasteiger partial charge on any atom is -0.352 e. The summed E-state index contributed by atoms with van der Waals surface area (Å²) in [7, 11) is 0. The van der Waals surface area contributed by atoms with Crippen molar-refractivity contribution in [2.24, 2.45) is 5.92 Å². The van der Waals surface area contributed by atoms with Gasteiger partial charge in [-0.25, -0.2) is 0 Å². The summed E-state index contributed by atoms with van der Waals surface area (Å²) in [5.74, 6) is -0.00268. The van der Waals surface area contributed by atoms with Crippen LogP contribution in [0.2, 0.25) is 0 Å². The number of carbonyl (C=O) groups is 2. The number of aryl methyl sites for hydroxylation is 1. The largest absolute Gasteiger partial charge is 0.352 e. The van der Waals surface area contributed by atoms with Gasteiger partial charge in [0.1, 0.15) is 5.00 Å². The minimum absolute atomic E-state index is 0.0150. The predicted molar refractivity (Wildman–Crippen MR) is 88.6 cm³/mol. The molecule has 2 aliphatic rings. The number of amides is 2. The third-order valence-electron chi connectivity index (χ3n) is 4.40. The molecule has 3 rings (SSSR count). The van der Waals surface area contributed by atoms with Gasteiger partial charge in [-0.3, -0.25) is 9.59 Å². The standard InChI is InChI=1S/C16H23N3O2S/c1-2-18-15(21)13-11-5-3-4-6-12(11)22-16(13)19-14(20)10-7-8-17-9-10/h10,17H,2-9H2,1H3,(H,18,21)(H,19,20)/t10-/m1/s1. The van der Waals surface area contributed by atoms with Gasteiger partial charge in [0.2, 0.25) is 5.91 Å². The van der Waals surface area contributed by atoms with E-state index in [1.54, 1.807) is 11.3 Å². The van der Waals surface area contributed by atoms with Crippen LogP contribution in [-0.2, 0) is 17.6 Å². The highest BCUT2D eigenvalue weighted by Gasteiger charge is 2.28. The summed E-state index contributed by atoms with van der Waals surface area (Å²) in [6.07, 6.45) is 5.12. The van der Waals surface area contributed by atoms with Gasteiger partial charge in [-0.2, -0.15) is 0 Å². The molecule has 2 heterocycles. The van der Waals surface area contributed by atoms with Crippen LogP contribution in [0.4, 0.5) is 5.00 Å². The molecule has 1 fully saturated rings. The summed E-state index contributed by atoms with van der Waals surface area (Å²) in [4.78, 5) is 26.1. The van der Waals surface area contributed by atoms with Crippen molar-refractivity contribution >= 4 is 28.2 Å². The molecule has 1 aliphatic carbocycles. The molecule has 1 saturated heterocycles. The first-order valence-electron chi connectivity index (χ1n) is 8.15. The fourth-order valence-electron chi connectivity index (χ4n) is 3.24. The summed E-state index contributed by atoms with van der Waals surface area (Å²) >= 11 is 1.59. The van der Waals surface area contributed by atoms with Crippen molar-refractivity contribution in [1.29, 1.82) is 0 Å². The number of hydrogen-bond acceptors (Lipinski definition) is 4. The first-order valence-corrected chi connectivity index (χ1v) is 8.96. The average molecular weight is 321 g/mol. The summed E-state index contributed by atoms with van der Waals surface area (Å²) in [6, 6.07) is 0. The van der Waals surface area contributed by atoms with E-state index in [9.17, 15) is 9.59 Å². The van der Waals surface area contributed by atoms with E-state index in [1.165, 1.54) is 11.3 Å². The van der Waals surface area contributed by atoms with Gasteiger partial charge in [0, 0.05) is 18.0 Å². The molecule has 22 heavy (non-hydrogen) atoms. The number of thiophene rings is 1. The molecule has 3 N–H and O–H groups in total. The van der Waals surface area contributed by atoms with Crippen molar-refractivity contribution in [3.8, 4) is 0 Å². The topological polar surface area (TPSA) is 70.2 Å². The molecule has 120 valence electrons. The Kier molecular flexibility index (Phi) is 4.78. The number of carbonyl (C=O) groups excluding carboxylic acids is 2. The normalized spacial score (nSPS) is 20.5. The second-order valence-corrected chi connectivity index (χ2v) is 7.06. The van der Waals surface area contributed by atoms with Gasteiger partial charge in [0.05, 0.1) is 11.5 Å². The highest BCUT2D eigenvalue weighted by Crippen LogP contribution is 2.38. The number of hydrogen-bond donors (Lipinski definition) is 3. The Balaban J connectivity index is 1.86. The lowest BCUT2D eigenvalue weighted by Gasteiger charge is -2.13. The van der Waals surface area contributed by atoms with Gasteiger partial charge in [-0.05, 0) is 51.1 Å². The van der Waals surface area contributed by atoms with E-state index in [1.807, 2.05) is 6.92 Å². The zero-order valence-electron chi connectivity index (χ0n) is 13.0. The van der Waals surface area contributed by atoms with Crippen LogP contribution in [0, 0.1) is 5.92 Å². The van der Waals surface area contributed by atoms with Crippen molar-refractivity contribution in [2.75, 3.05) is 25.0 Å². The van der Waals surface area contributed by atoms with Crippen LogP contribution in [0.3, 0.4) is 0 Å². The monoisotopic (exact) mass is 321 g/mol. The zero-order chi connectivity index (χ0) is 15.5. The Bertz CT molecular complexity index is 576. The van der Waals surface area contributed by atoms with Crippen LogP contribution in [-0.4, -0.2) is 31.4 Å². The number of nitrogens with one attached hydrogen (secondary N) is 3. The number of anilines is 1. The molecule has 0 bridgehead atoms. The maximum absolute atomic E-state index is 12.4. The van der Waals surface area contributed by atoms with Crippen molar-refractivity contribution in [1.82, 2.24) is 10.6 Å². The van der Waals surface area contributed by atoms with E-state index in [0.717, 1.165) is 49.3 Å². The Morgan fingerprint density at radius 2 is 2.14 bits per heavy atom. The molecular formula is C16H23N3O2S. The van der Waals surface area contributed by atoms with Gasteiger partial charge >= 0.3 is 0 Å². The summed E-state index contributed by atoms with van der Waals surface area (Å²) in [5.41, 5.74) is 1.86. The Morgan fingerprint density at radius 1 is 1.32 bits per heavy atom. The lowest BCUT2D eigenvalue weighted by molar-refractivity contribution is -0.119. The summed E-state index contributed by atoms with van der Waals surface area (Å²) in [6.45, 7) is 4.14. The van der Waals surface area contributed by atoms with E-state index < -0.39 is 0 Å². The van der Waals surface area contributed by atoms with Crippen LogP contribution >= 0.6 is 11.3 Å². The van der Waals surface area contributed by atoms with Crippen LogP contribution in [0.15, 0.2) is 0 Å². The third-order valence-corrected chi connectivity index (χ3v) is 5.61. The Morgan fingerprint density at radius 3 is 2.86 bits per heavy atom. The maximum Gasteiger partial charge on any atom is 0.254 e. The maximum atomic E-state index is 12.4. The van der Waals surface area contributed by atoms with Gasteiger partial charge < -0.3 is 16.0 Å². The zero-order valence-corrected chi connectivity index (χ0v) is 13.8. The van der Waals surface area contributed by atoms with E-state index in [-0.39, 0.29) is 17.7 Å². The van der Waals surface area contributed by atoms with Gasteiger partial charge in [0.25, 0.3) is 5.91 Å². The summed E-state index contributed by atoms with van der Waals surface area (Å²) < 4.78 is 0. The second kappa shape index (κ2) is 6.79. The quantitative estimate of drug-likeness (QED) is 0.793. The third kappa shape index (κ3) is 3.03. The average Bonchev–Trinajstić information content (AvgIpc) is 3.14. The first-order chi connectivity index (χ1) is 10.7. The molecular weight excluding hydrogens is 298 g/mol. The Labute approximate surface area is 134 Å². The van der Waals surface area contributed by atoms with Gasteiger partial charge in [0.15, 0.2) is 0 Å². The van der Waals surface area contributed by atoms with Crippen molar-refractivity contribution in [3.05, 3.63) is 16.0 Å². The van der Waals surface area contributed by atoms with Gasteiger partial charge in [-0.15, -0.1) is 11.3 Å². The fourth-order valence-corrected chi connectivity index (χ4v) is 4.53. The summed E-state index contributed by atoms with van der Waals surface area (Å²) in [5, 5.41) is 9.87. The first kappa shape index (κ1) is 15.5. The van der Waals surface area contributed by atoms with Gasteiger partial charge in [-0.1, -0.05) is 0 Å². The molecule has 0 radical (unpaired) electrons. The lowest BCUT2D eigenvalue weighted by Crippen LogP contribution is -2.28. The van der Waals surface area contributed by atoms with Crippen molar-refractivity contribution in [2.45, 2.75) is 39.0 Å². The van der Waals surface area contributed by atoms with Crippen LogP contribution in [0.25, 0.3) is 0 Å². The number of rotatable bonds is 4. The number of fused-ring (bicyclic) bond motifs is 1.